The molecule has 0 bridgehead atoms. The van der Waals surface area contributed by atoms with Crippen LogP contribution in [0.1, 0.15) is 29.1 Å². The topological polar surface area (TPSA) is 34.9 Å². The predicted octanol–water partition coefficient (Wildman–Crippen LogP) is 5.07. The molecule has 1 aliphatic rings. The van der Waals surface area contributed by atoms with Crippen LogP contribution in [-0.4, -0.2) is 15.8 Å². The summed E-state index contributed by atoms with van der Waals surface area (Å²) in [5, 5.41) is 0.353. The molecule has 136 valence electrons. The van der Waals surface area contributed by atoms with Gasteiger partial charge in [-0.3, -0.25) is 9.36 Å². The molecule has 0 spiro atoms. The quantitative estimate of drug-likeness (QED) is 0.568. The van der Waals surface area contributed by atoms with Gasteiger partial charge in [0.05, 0.1) is 11.1 Å². The maximum Gasteiger partial charge on any atom is 0.450 e. The van der Waals surface area contributed by atoms with E-state index in [1.54, 1.807) is 12.1 Å². The van der Waals surface area contributed by atoms with Gasteiger partial charge in [-0.05, 0) is 61.8 Å². The first kappa shape index (κ1) is 17.6. The van der Waals surface area contributed by atoms with Crippen LogP contribution >= 0.6 is 23.1 Å². The number of halogens is 3. The lowest BCUT2D eigenvalue weighted by Crippen LogP contribution is -2.28. The SMILES string of the molecule is CSc1ccc(-n2c(C(F)(F)F)nc3sc4c(c3c2=O)CCCC4)cc1. The molecule has 0 N–H and O–H groups in total. The lowest BCUT2D eigenvalue weighted by Gasteiger charge is -2.15. The van der Waals surface area contributed by atoms with Gasteiger partial charge in [-0.2, -0.15) is 13.2 Å². The largest absolute Gasteiger partial charge is 0.450 e. The second-order valence-corrected chi connectivity index (χ2v) is 8.13. The van der Waals surface area contributed by atoms with Gasteiger partial charge >= 0.3 is 6.18 Å². The number of thioether (sulfide) groups is 1. The second kappa shape index (κ2) is 6.42. The molecule has 2 aromatic heterocycles. The first-order chi connectivity index (χ1) is 12.4. The smallest absolute Gasteiger partial charge is 0.268 e. The zero-order valence-corrected chi connectivity index (χ0v) is 15.5. The van der Waals surface area contributed by atoms with Crippen LogP contribution in [0, 0.1) is 0 Å². The van der Waals surface area contributed by atoms with Gasteiger partial charge in [0, 0.05) is 9.77 Å². The zero-order valence-electron chi connectivity index (χ0n) is 13.9. The number of hydrogen-bond acceptors (Lipinski definition) is 4. The minimum absolute atomic E-state index is 0.185. The summed E-state index contributed by atoms with van der Waals surface area (Å²) in [6, 6.07) is 6.49. The van der Waals surface area contributed by atoms with Crippen LogP contribution in [0.5, 0.6) is 0 Å². The Morgan fingerprint density at radius 2 is 1.85 bits per heavy atom. The van der Waals surface area contributed by atoms with Gasteiger partial charge in [0.1, 0.15) is 4.83 Å². The first-order valence-electron chi connectivity index (χ1n) is 8.19. The predicted molar refractivity (Wildman–Crippen MR) is 98.6 cm³/mol. The molecule has 0 aliphatic heterocycles. The number of hydrogen-bond donors (Lipinski definition) is 0. The van der Waals surface area contributed by atoms with E-state index in [4.69, 9.17) is 0 Å². The van der Waals surface area contributed by atoms with Gasteiger partial charge in [0.15, 0.2) is 0 Å². The average Bonchev–Trinajstić information content (AvgIpc) is 3.00. The molecule has 2 heterocycles. The monoisotopic (exact) mass is 396 g/mol. The first-order valence-corrected chi connectivity index (χ1v) is 10.2. The van der Waals surface area contributed by atoms with Gasteiger partial charge in [0.25, 0.3) is 5.56 Å². The van der Waals surface area contributed by atoms with Crippen molar-refractivity contribution in [3.63, 3.8) is 0 Å². The number of benzene rings is 1. The summed E-state index contributed by atoms with van der Waals surface area (Å²) in [5.74, 6) is -1.16. The van der Waals surface area contributed by atoms with Gasteiger partial charge in [-0.25, -0.2) is 4.98 Å². The fourth-order valence-electron chi connectivity index (χ4n) is 3.37. The van der Waals surface area contributed by atoms with E-state index < -0.39 is 17.6 Å². The van der Waals surface area contributed by atoms with Crippen LogP contribution in [0.15, 0.2) is 34.0 Å². The summed E-state index contributed by atoms with van der Waals surface area (Å²) in [6.45, 7) is 0. The van der Waals surface area contributed by atoms with E-state index in [1.165, 1.54) is 35.2 Å². The van der Waals surface area contributed by atoms with E-state index in [0.717, 1.165) is 41.0 Å². The third kappa shape index (κ3) is 2.85. The molecule has 8 heteroatoms. The summed E-state index contributed by atoms with van der Waals surface area (Å²) in [7, 11) is 0. The van der Waals surface area contributed by atoms with E-state index >= 15 is 0 Å². The Balaban J connectivity index is 2.05. The lowest BCUT2D eigenvalue weighted by atomic mass is 9.97. The third-order valence-corrected chi connectivity index (χ3v) is 6.50. The van der Waals surface area contributed by atoms with E-state index in [2.05, 4.69) is 4.98 Å². The fourth-order valence-corrected chi connectivity index (χ4v) is 5.03. The van der Waals surface area contributed by atoms with Crippen LogP contribution in [-0.2, 0) is 19.0 Å². The molecule has 0 amide bonds. The summed E-state index contributed by atoms with van der Waals surface area (Å²) in [6.07, 6.45) is 0.643. The Hall–Kier alpha value is -1.80. The highest BCUT2D eigenvalue weighted by Crippen LogP contribution is 2.36. The second-order valence-electron chi connectivity index (χ2n) is 6.16. The molecule has 26 heavy (non-hydrogen) atoms. The Morgan fingerprint density at radius 1 is 1.15 bits per heavy atom. The van der Waals surface area contributed by atoms with Crippen molar-refractivity contribution in [3.05, 3.63) is 50.9 Å². The minimum Gasteiger partial charge on any atom is -0.268 e. The van der Waals surface area contributed by atoms with Crippen LogP contribution in [0.2, 0.25) is 0 Å². The highest BCUT2D eigenvalue weighted by atomic mass is 32.2. The van der Waals surface area contributed by atoms with Crippen molar-refractivity contribution in [3.8, 4) is 5.69 Å². The summed E-state index contributed by atoms with van der Waals surface area (Å²) < 4.78 is 41.7. The van der Waals surface area contributed by atoms with Crippen molar-refractivity contribution >= 4 is 33.3 Å². The van der Waals surface area contributed by atoms with Crippen LogP contribution in [0.25, 0.3) is 15.9 Å². The molecule has 1 aliphatic carbocycles. The van der Waals surface area contributed by atoms with E-state index in [0.29, 0.717) is 9.95 Å². The molecule has 0 atom stereocenters. The number of rotatable bonds is 2. The third-order valence-electron chi connectivity index (χ3n) is 4.57. The molecule has 1 aromatic carbocycles. The van der Waals surface area contributed by atoms with Crippen molar-refractivity contribution in [2.24, 2.45) is 0 Å². The number of aryl methyl sites for hydroxylation is 2. The van der Waals surface area contributed by atoms with Gasteiger partial charge < -0.3 is 0 Å². The average molecular weight is 396 g/mol. The fraction of sp³-hybridized carbons (Fsp3) is 0.333. The molecular formula is C18H15F3N2OS2. The van der Waals surface area contributed by atoms with Gasteiger partial charge in [0.2, 0.25) is 5.82 Å². The number of nitrogens with zero attached hydrogens (tertiary/aromatic N) is 2. The molecule has 0 fully saturated rings. The Bertz CT molecular complexity index is 1040. The highest BCUT2D eigenvalue weighted by molar-refractivity contribution is 7.98. The minimum atomic E-state index is -4.71. The number of thiophene rings is 1. The molecule has 3 aromatic rings. The number of alkyl halides is 3. The Labute approximate surface area is 155 Å². The molecule has 0 unspecified atom stereocenters. The molecule has 0 saturated heterocycles. The van der Waals surface area contributed by atoms with Crippen LogP contribution in [0.4, 0.5) is 13.2 Å². The van der Waals surface area contributed by atoms with Crippen molar-refractivity contribution in [1.82, 2.24) is 9.55 Å². The maximum absolute atomic E-state index is 13.6. The number of aromatic nitrogens is 2. The van der Waals surface area contributed by atoms with Crippen molar-refractivity contribution in [1.29, 1.82) is 0 Å². The number of fused-ring (bicyclic) bond motifs is 3. The molecular weight excluding hydrogens is 381 g/mol. The van der Waals surface area contributed by atoms with Crippen molar-refractivity contribution < 1.29 is 13.2 Å². The summed E-state index contributed by atoms with van der Waals surface area (Å²) >= 11 is 2.71. The zero-order chi connectivity index (χ0) is 18.5. The van der Waals surface area contributed by atoms with Gasteiger partial charge in [-0.1, -0.05) is 0 Å². The maximum atomic E-state index is 13.6. The molecule has 3 nitrogen and oxygen atoms in total. The summed E-state index contributed by atoms with van der Waals surface area (Å²) in [5.41, 5.74) is 0.445. The van der Waals surface area contributed by atoms with E-state index in [1.807, 2.05) is 6.26 Å². The Morgan fingerprint density at radius 3 is 2.50 bits per heavy atom. The van der Waals surface area contributed by atoms with E-state index in [9.17, 15) is 18.0 Å². The molecule has 4 rings (SSSR count). The molecule has 0 radical (unpaired) electrons. The Kier molecular flexibility index (Phi) is 4.35. The van der Waals surface area contributed by atoms with Crippen LogP contribution < -0.4 is 5.56 Å². The van der Waals surface area contributed by atoms with Crippen molar-refractivity contribution in [2.45, 2.75) is 36.8 Å². The lowest BCUT2D eigenvalue weighted by molar-refractivity contribution is -0.146. The summed E-state index contributed by atoms with van der Waals surface area (Å²) in [4.78, 5) is 19.1. The van der Waals surface area contributed by atoms with Gasteiger partial charge in [-0.15, -0.1) is 23.1 Å². The normalized spacial score (nSPS) is 14.6. The molecule has 0 saturated carbocycles. The van der Waals surface area contributed by atoms with Crippen molar-refractivity contribution in [2.75, 3.05) is 6.26 Å². The standard InChI is InChI=1S/C18H15F3N2OS2/c1-25-11-8-6-10(7-9-11)23-16(24)14-12-4-2-3-5-13(12)26-15(14)22-17(23)18(19,20)21/h6-9H,2-5H2,1H3. The highest BCUT2D eigenvalue weighted by Gasteiger charge is 2.38. The van der Waals surface area contributed by atoms with Crippen LogP contribution in [0.3, 0.4) is 0 Å². The van der Waals surface area contributed by atoms with E-state index in [-0.39, 0.29) is 10.5 Å².